The molecule has 1 aromatic rings. The van der Waals surface area contributed by atoms with Crippen molar-refractivity contribution in [3.05, 3.63) is 29.8 Å². The predicted octanol–water partition coefficient (Wildman–Crippen LogP) is 2.25. The first-order valence-corrected chi connectivity index (χ1v) is 7.68. The summed E-state index contributed by atoms with van der Waals surface area (Å²) in [5.41, 5.74) is 7.40. The molecule has 0 saturated heterocycles. The van der Waals surface area contributed by atoms with Crippen LogP contribution in [-0.4, -0.2) is 24.5 Å². The molecule has 3 N–H and O–H groups in total. The van der Waals surface area contributed by atoms with Crippen molar-refractivity contribution in [2.45, 2.75) is 44.6 Å². The zero-order chi connectivity index (χ0) is 16.2. The summed E-state index contributed by atoms with van der Waals surface area (Å²) in [6.07, 6.45) is 4.07. The van der Waals surface area contributed by atoms with Gasteiger partial charge in [-0.1, -0.05) is 25.0 Å². The van der Waals surface area contributed by atoms with Crippen molar-refractivity contribution in [2.75, 3.05) is 12.4 Å². The molecule has 1 aromatic carbocycles. The van der Waals surface area contributed by atoms with Crippen LogP contribution in [0.5, 0.6) is 0 Å². The molecule has 5 heteroatoms. The number of hydrogen-bond acceptors (Lipinski definition) is 4. The van der Waals surface area contributed by atoms with E-state index in [1.165, 1.54) is 7.11 Å². The number of benzene rings is 1. The van der Waals surface area contributed by atoms with Crippen LogP contribution in [0.4, 0.5) is 5.69 Å². The number of esters is 1. The fraction of sp³-hybridized carbons (Fsp3) is 0.529. The van der Waals surface area contributed by atoms with Gasteiger partial charge in [0.15, 0.2) is 0 Å². The smallest absolute Gasteiger partial charge is 0.309 e. The molecule has 1 saturated carbocycles. The highest BCUT2D eigenvalue weighted by Gasteiger charge is 2.37. The average molecular weight is 304 g/mol. The van der Waals surface area contributed by atoms with Gasteiger partial charge in [0.2, 0.25) is 5.91 Å². The third kappa shape index (κ3) is 4.07. The van der Waals surface area contributed by atoms with E-state index in [2.05, 4.69) is 10.1 Å². The van der Waals surface area contributed by atoms with E-state index in [-0.39, 0.29) is 24.2 Å². The van der Waals surface area contributed by atoms with E-state index < -0.39 is 5.54 Å². The van der Waals surface area contributed by atoms with Crippen LogP contribution in [-0.2, 0) is 20.7 Å². The van der Waals surface area contributed by atoms with E-state index in [9.17, 15) is 9.59 Å². The molecule has 2 unspecified atom stereocenters. The maximum atomic E-state index is 12.4. The van der Waals surface area contributed by atoms with Crippen molar-refractivity contribution in [1.82, 2.24) is 0 Å². The van der Waals surface area contributed by atoms with Gasteiger partial charge < -0.3 is 15.8 Å². The van der Waals surface area contributed by atoms with E-state index in [4.69, 9.17) is 5.73 Å². The molecule has 0 heterocycles. The Balaban J connectivity index is 1.98. The number of methoxy groups -OCH3 is 1. The third-order valence-corrected chi connectivity index (χ3v) is 4.37. The van der Waals surface area contributed by atoms with Crippen LogP contribution < -0.4 is 11.1 Å². The van der Waals surface area contributed by atoms with Crippen LogP contribution in [0.25, 0.3) is 0 Å². The summed E-state index contributed by atoms with van der Waals surface area (Å²) >= 11 is 0. The van der Waals surface area contributed by atoms with Crippen molar-refractivity contribution in [1.29, 1.82) is 0 Å². The SMILES string of the molecule is COC(=O)Cc1ccc(NC(=O)C2CCCCC2(C)N)cc1. The Morgan fingerprint density at radius 2 is 2.00 bits per heavy atom. The maximum absolute atomic E-state index is 12.4. The van der Waals surface area contributed by atoms with Crippen molar-refractivity contribution in [3.8, 4) is 0 Å². The van der Waals surface area contributed by atoms with Crippen LogP contribution in [0.3, 0.4) is 0 Å². The first-order chi connectivity index (χ1) is 10.4. The number of amides is 1. The van der Waals surface area contributed by atoms with Gasteiger partial charge in [0.05, 0.1) is 19.4 Å². The minimum atomic E-state index is -0.437. The lowest BCUT2D eigenvalue weighted by molar-refractivity contribution is -0.139. The summed E-state index contributed by atoms with van der Waals surface area (Å²) in [6, 6.07) is 7.23. The highest BCUT2D eigenvalue weighted by molar-refractivity contribution is 5.93. The number of carbonyl (C=O) groups is 2. The van der Waals surface area contributed by atoms with Crippen molar-refractivity contribution in [2.24, 2.45) is 11.7 Å². The van der Waals surface area contributed by atoms with Gasteiger partial charge >= 0.3 is 5.97 Å². The van der Waals surface area contributed by atoms with Gasteiger partial charge in [-0.05, 0) is 37.5 Å². The summed E-state index contributed by atoms with van der Waals surface area (Å²) in [4.78, 5) is 23.6. The molecule has 2 atom stereocenters. The largest absolute Gasteiger partial charge is 0.469 e. The first kappa shape index (κ1) is 16.5. The standard InChI is InChI=1S/C17H24N2O3/c1-17(18)10-4-3-5-14(17)16(21)19-13-8-6-12(7-9-13)11-15(20)22-2/h6-9,14H,3-5,10-11,18H2,1-2H3,(H,19,21). The molecule has 1 fully saturated rings. The molecule has 0 spiro atoms. The van der Waals surface area contributed by atoms with Gasteiger partial charge in [-0.15, -0.1) is 0 Å². The normalized spacial score (nSPS) is 24.6. The number of carbonyl (C=O) groups excluding carboxylic acids is 2. The second-order valence-electron chi connectivity index (χ2n) is 6.24. The Kier molecular flexibility index (Phi) is 5.19. The van der Waals surface area contributed by atoms with E-state index in [1.54, 1.807) is 12.1 Å². The summed E-state index contributed by atoms with van der Waals surface area (Å²) in [5.74, 6) is -0.459. The minimum Gasteiger partial charge on any atom is -0.469 e. The summed E-state index contributed by atoms with van der Waals surface area (Å²) < 4.78 is 4.63. The predicted molar refractivity (Wildman–Crippen MR) is 85.3 cm³/mol. The van der Waals surface area contributed by atoms with Gasteiger partial charge in [0, 0.05) is 11.2 Å². The number of rotatable bonds is 4. The second kappa shape index (κ2) is 6.92. The molecular formula is C17H24N2O3. The molecule has 2 rings (SSSR count). The molecule has 1 amide bonds. The molecule has 0 bridgehead atoms. The number of hydrogen-bond donors (Lipinski definition) is 2. The maximum Gasteiger partial charge on any atom is 0.309 e. The van der Waals surface area contributed by atoms with E-state index in [1.807, 2.05) is 19.1 Å². The van der Waals surface area contributed by atoms with Gasteiger partial charge in [-0.2, -0.15) is 0 Å². The fourth-order valence-electron chi connectivity index (χ4n) is 2.96. The Morgan fingerprint density at radius 1 is 1.32 bits per heavy atom. The van der Waals surface area contributed by atoms with Crippen molar-refractivity contribution < 1.29 is 14.3 Å². The lowest BCUT2D eigenvalue weighted by Gasteiger charge is -2.37. The highest BCUT2D eigenvalue weighted by Crippen LogP contribution is 2.32. The molecule has 0 aromatic heterocycles. The monoisotopic (exact) mass is 304 g/mol. The number of anilines is 1. The minimum absolute atomic E-state index is 0.0228. The van der Waals surface area contributed by atoms with Gasteiger partial charge in [-0.3, -0.25) is 9.59 Å². The Hall–Kier alpha value is -1.88. The molecular weight excluding hydrogens is 280 g/mol. The van der Waals surface area contributed by atoms with E-state index in [0.717, 1.165) is 36.9 Å². The molecule has 0 radical (unpaired) electrons. The quantitative estimate of drug-likeness (QED) is 0.836. The molecule has 120 valence electrons. The Bertz CT molecular complexity index is 537. The number of ether oxygens (including phenoxy) is 1. The second-order valence-corrected chi connectivity index (χ2v) is 6.24. The first-order valence-electron chi connectivity index (χ1n) is 7.68. The zero-order valence-electron chi connectivity index (χ0n) is 13.2. The molecule has 22 heavy (non-hydrogen) atoms. The van der Waals surface area contributed by atoms with Crippen LogP contribution in [0, 0.1) is 5.92 Å². The van der Waals surface area contributed by atoms with Crippen molar-refractivity contribution >= 4 is 17.6 Å². The molecule has 1 aliphatic rings. The lowest BCUT2D eigenvalue weighted by atomic mass is 9.74. The number of nitrogens with one attached hydrogen (secondary N) is 1. The highest BCUT2D eigenvalue weighted by atomic mass is 16.5. The zero-order valence-corrected chi connectivity index (χ0v) is 13.2. The average Bonchev–Trinajstić information content (AvgIpc) is 2.48. The van der Waals surface area contributed by atoms with E-state index in [0.29, 0.717) is 0 Å². The van der Waals surface area contributed by atoms with Crippen LogP contribution in [0.1, 0.15) is 38.2 Å². The van der Waals surface area contributed by atoms with E-state index >= 15 is 0 Å². The summed E-state index contributed by atoms with van der Waals surface area (Å²) in [6.45, 7) is 1.95. The van der Waals surface area contributed by atoms with Crippen LogP contribution in [0.15, 0.2) is 24.3 Å². The Morgan fingerprint density at radius 3 is 2.59 bits per heavy atom. The number of nitrogens with two attached hydrogens (primary N) is 1. The summed E-state index contributed by atoms with van der Waals surface area (Å²) in [5, 5.41) is 2.93. The fourth-order valence-corrected chi connectivity index (χ4v) is 2.96. The van der Waals surface area contributed by atoms with Gasteiger partial charge in [0.1, 0.15) is 0 Å². The van der Waals surface area contributed by atoms with Crippen LogP contribution >= 0.6 is 0 Å². The topological polar surface area (TPSA) is 81.4 Å². The molecule has 1 aliphatic carbocycles. The Labute approximate surface area is 131 Å². The van der Waals surface area contributed by atoms with Gasteiger partial charge in [0.25, 0.3) is 0 Å². The third-order valence-electron chi connectivity index (χ3n) is 4.37. The van der Waals surface area contributed by atoms with Gasteiger partial charge in [-0.25, -0.2) is 0 Å². The lowest BCUT2D eigenvalue weighted by Crippen LogP contribution is -2.51. The summed E-state index contributed by atoms with van der Waals surface area (Å²) in [7, 11) is 1.37. The van der Waals surface area contributed by atoms with Crippen molar-refractivity contribution in [3.63, 3.8) is 0 Å². The molecule has 0 aliphatic heterocycles. The van der Waals surface area contributed by atoms with Crippen LogP contribution in [0.2, 0.25) is 0 Å². The molecule has 5 nitrogen and oxygen atoms in total.